The number of rotatable bonds is 6. The van der Waals surface area contributed by atoms with E-state index in [1.165, 1.54) is 27.7 Å². The predicted molar refractivity (Wildman–Crippen MR) is 116 cm³/mol. The molecule has 2 aromatic rings. The number of fused-ring (bicyclic) bond motifs is 1. The van der Waals surface area contributed by atoms with Crippen molar-refractivity contribution in [2.45, 2.75) is 58.8 Å². The smallest absolute Gasteiger partial charge is 0.160 e. The predicted octanol–water partition coefficient (Wildman–Crippen LogP) is 4.43. The van der Waals surface area contributed by atoms with Crippen LogP contribution in [0.5, 0.6) is 0 Å². The number of methoxy groups -OCH3 is 1. The molecule has 5 nitrogen and oxygen atoms in total. The minimum atomic E-state index is 0.0492. The first-order valence-electron chi connectivity index (χ1n) is 10.1. The maximum Gasteiger partial charge on any atom is 0.160 e. The molecule has 1 saturated heterocycles. The van der Waals surface area contributed by atoms with Crippen LogP contribution in [0.2, 0.25) is 0 Å². The molecule has 0 N–H and O–H groups in total. The number of thioether (sulfide) groups is 1. The Morgan fingerprint density at radius 3 is 2.71 bits per heavy atom. The van der Waals surface area contributed by atoms with E-state index < -0.39 is 0 Å². The van der Waals surface area contributed by atoms with E-state index in [2.05, 4.69) is 54.3 Å². The Balaban J connectivity index is 1.83. The highest BCUT2D eigenvalue weighted by molar-refractivity contribution is 8.14. The summed E-state index contributed by atoms with van der Waals surface area (Å²) in [5.74, 6) is 1.13. The van der Waals surface area contributed by atoms with Crippen LogP contribution in [-0.2, 0) is 11.3 Å². The van der Waals surface area contributed by atoms with E-state index in [0.717, 1.165) is 31.0 Å². The van der Waals surface area contributed by atoms with Gasteiger partial charge in [-0.15, -0.1) is 0 Å². The minimum absolute atomic E-state index is 0.0492. The van der Waals surface area contributed by atoms with Crippen LogP contribution in [0.4, 0.5) is 0 Å². The molecule has 0 bridgehead atoms. The summed E-state index contributed by atoms with van der Waals surface area (Å²) in [7, 11) is 1.77. The summed E-state index contributed by atoms with van der Waals surface area (Å²) in [6, 6.07) is 6.97. The van der Waals surface area contributed by atoms with Gasteiger partial charge in [-0.3, -0.25) is 9.98 Å². The summed E-state index contributed by atoms with van der Waals surface area (Å²) in [5, 5.41) is 1.19. The van der Waals surface area contributed by atoms with Gasteiger partial charge in [0.25, 0.3) is 0 Å². The van der Waals surface area contributed by atoms with Crippen molar-refractivity contribution in [1.29, 1.82) is 0 Å². The Labute approximate surface area is 172 Å². The van der Waals surface area contributed by atoms with Crippen molar-refractivity contribution in [2.24, 2.45) is 4.99 Å². The van der Waals surface area contributed by atoms with E-state index in [1.54, 1.807) is 7.11 Å². The number of nitrogens with zero attached hydrogens (tertiary/aromatic N) is 4. The Morgan fingerprint density at radius 1 is 1.21 bits per heavy atom. The molecule has 0 radical (unpaired) electrons. The van der Waals surface area contributed by atoms with Crippen LogP contribution in [0.1, 0.15) is 53.6 Å². The van der Waals surface area contributed by atoms with Gasteiger partial charge in [-0.05, 0) is 44.9 Å². The van der Waals surface area contributed by atoms with Gasteiger partial charge in [0.05, 0.1) is 18.3 Å². The van der Waals surface area contributed by atoms with Crippen molar-refractivity contribution in [3.63, 3.8) is 0 Å². The van der Waals surface area contributed by atoms with Gasteiger partial charge in [-0.2, -0.15) is 0 Å². The molecular weight excluding hydrogens is 368 g/mol. The van der Waals surface area contributed by atoms with Gasteiger partial charge in [-0.1, -0.05) is 24.8 Å². The van der Waals surface area contributed by atoms with Gasteiger partial charge in [0.2, 0.25) is 0 Å². The fourth-order valence-corrected chi connectivity index (χ4v) is 6.02. The summed E-state index contributed by atoms with van der Waals surface area (Å²) >= 11 is 1.90. The second kappa shape index (κ2) is 7.91. The highest BCUT2D eigenvalue weighted by atomic mass is 32.2. The summed E-state index contributed by atoms with van der Waals surface area (Å²) < 4.78 is 7.77. The molecule has 0 aromatic carbocycles. The number of amidine groups is 1. The number of pyridine rings is 1. The van der Waals surface area contributed by atoms with Crippen LogP contribution in [0.3, 0.4) is 0 Å². The van der Waals surface area contributed by atoms with Crippen molar-refractivity contribution in [2.75, 3.05) is 19.5 Å². The van der Waals surface area contributed by atoms with Crippen molar-refractivity contribution >= 4 is 16.9 Å². The van der Waals surface area contributed by atoms with Gasteiger partial charge in [0, 0.05) is 48.6 Å². The summed E-state index contributed by atoms with van der Waals surface area (Å²) in [5.41, 5.74) is 6.52. The average Bonchev–Trinajstić information content (AvgIpc) is 3.34. The SMILES string of the molecule is CCC1CSC2=NC(c3ccccn3)C(c3c(C)c(C)n(CCOC)c3C)N21. The maximum absolute atomic E-state index is 5.36. The highest BCUT2D eigenvalue weighted by Crippen LogP contribution is 2.50. The van der Waals surface area contributed by atoms with E-state index in [4.69, 9.17) is 9.73 Å². The first-order valence-corrected chi connectivity index (χ1v) is 11.1. The second-order valence-electron chi connectivity index (χ2n) is 7.69. The quantitative estimate of drug-likeness (QED) is 0.722. The number of hydrogen-bond donors (Lipinski definition) is 0. The maximum atomic E-state index is 5.36. The lowest BCUT2D eigenvalue weighted by Gasteiger charge is -2.32. The van der Waals surface area contributed by atoms with Gasteiger partial charge < -0.3 is 14.2 Å². The van der Waals surface area contributed by atoms with E-state index >= 15 is 0 Å². The molecule has 4 rings (SSSR count). The zero-order valence-electron chi connectivity index (χ0n) is 17.5. The minimum Gasteiger partial charge on any atom is -0.383 e. The number of hydrogen-bond acceptors (Lipinski definition) is 5. The van der Waals surface area contributed by atoms with E-state index in [-0.39, 0.29) is 12.1 Å². The Bertz CT molecular complexity index is 876. The fraction of sp³-hybridized carbons (Fsp3) is 0.545. The van der Waals surface area contributed by atoms with Gasteiger partial charge in [0.15, 0.2) is 5.17 Å². The Morgan fingerprint density at radius 2 is 2.04 bits per heavy atom. The van der Waals surface area contributed by atoms with Crippen LogP contribution in [-0.4, -0.2) is 45.1 Å². The third-order valence-corrected chi connectivity index (χ3v) is 7.42. The summed E-state index contributed by atoms with van der Waals surface area (Å²) in [6.45, 7) is 10.6. The lowest BCUT2D eigenvalue weighted by atomic mass is 9.92. The molecule has 2 aliphatic heterocycles. The Hall–Kier alpha value is -1.79. The molecule has 6 heteroatoms. The lowest BCUT2D eigenvalue weighted by molar-refractivity contribution is 0.186. The molecule has 2 aromatic heterocycles. The molecule has 3 atom stereocenters. The van der Waals surface area contributed by atoms with Gasteiger partial charge in [-0.25, -0.2) is 0 Å². The number of ether oxygens (including phenoxy) is 1. The monoisotopic (exact) mass is 398 g/mol. The van der Waals surface area contributed by atoms with Crippen LogP contribution >= 0.6 is 11.8 Å². The largest absolute Gasteiger partial charge is 0.383 e. The fourth-order valence-electron chi connectivity index (χ4n) is 4.68. The standard InChI is InChI=1S/C22H30N4OS/c1-6-17-13-28-22-24-20(18-9-7-8-10-23-18)21(26(17)22)19-14(2)15(3)25(16(19)4)11-12-27-5/h7-10,17,20-21H,6,11-13H2,1-5H3. The third kappa shape index (κ3) is 3.07. The molecule has 0 aliphatic carbocycles. The molecule has 2 aliphatic rings. The zero-order chi connectivity index (χ0) is 19.8. The molecule has 150 valence electrons. The van der Waals surface area contributed by atoms with Gasteiger partial charge >= 0.3 is 0 Å². The average molecular weight is 399 g/mol. The zero-order valence-corrected chi connectivity index (χ0v) is 18.3. The second-order valence-corrected chi connectivity index (χ2v) is 8.68. The van der Waals surface area contributed by atoms with E-state index in [9.17, 15) is 0 Å². The lowest BCUT2D eigenvalue weighted by Crippen LogP contribution is -2.35. The normalized spacial score (nSPS) is 24.0. The molecule has 4 heterocycles. The van der Waals surface area contributed by atoms with E-state index in [0.29, 0.717) is 6.04 Å². The van der Waals surface area contributed by atoms with Crippen molar-refractivity contribution in [3.8, 4) is 0 Å². The number of aliphatic imine (C=N–C) groups is 1. The first kappa shape index (κ1) is 19.5. The topological polar surface area (TPSA) is 42.6 Å². The molecule has 1 fully saturated rings. The molecule has 0 amide bonds. The third-order valence-electron chi connectivity index (χ3n) is 6.29. The molecule has 0 saturated carbocycles. The van der Waals surface area contributed by atoms with Crippen molar-refractivity contribution < 1.29 is 4.74 Å². The van der Waals surface area contributed by atoms with Crippen molar-refractivity contribution in [3.05, 3.63) is 52.6 Å². The van der Waals surface area contributed by atoms with Crippen LogP contribution in [0.25, 0.3) is 0 Å². The van der Waals surface area contributed by atoms with Crippen molar-refractivity contribution in [1.82, 2.24) is 14.5 Å². The summed E-state index contributed by atoms with van der Waals surface area (Å²) in [6.07, 6.45) is 3.02. The van der Waals surface area contributed by atoms with Crippen LogP contribution in [0.15, 0.2) is 29.4 Å². The van der Waals surface area contributed by atoms with E-state index in [1.807, 2.05) is 24.0 Å². The number of aromatic nitrogens is 2. The van der Waals surface area contributed by atoms with Crippen LogP contribution < -0.4 is 0 Å². The molecule has 0 spiro atoms. The van der Waals surface area contributed by atoms with Crippen LogP contribution in [0, 0.1) is 20.8 Å². The van der Waals surface area contributed by atoms with Gasteiger partial charge in [0.1, 0.15) is 6.04 Å². The Kier molecular flexibility index (Phi) is 5.52. The first-order chi connectivity index (χ1) is 13.6. The molecule has 3 unspecified atom stereocenters. The molecule has 28 heavy (non-hydrogen) atoms. The summed E-state index contributed by atoms with van der Waals surface area (Å²) in [4.78, 5) is 12.4. The molecular formula is C22H30N4OS. The highest BCUT2D eigenvalue weighted by Gasteiger charge is 2.47.